The van der Waals surface area contributed by atoms with E-state index in [2.05, 4.69) is 0 Å². The Balaban J connectivity index is 4.81. The summed E-state index contributed by atoms with van der Waals surface area (Å²) >= 11 is 17.2. The van der Waals surface area contributed by atoms with E-state index < -0.39 is 49.6 Å². The van der Waals surface area contributed by atoms with Crippen LogP contribution in [0.5, 0.6) is 0 Å². The minimum absolute atomic E-state index is 0.0629. The summed E-state index contributed by atoms with van der Waals surface area (Å²) in [6.45, 7) is 1.41. The van der Waals surface area contributed by atoms with Crippen molar-refractivity contribution in [3.05, 3.63) is 0 Å². The van der Waals surface area contributed by atoms with Gasteiger partial charge in [-0.3, -0.25) is 0 Å². The van der Waals surface area contributed by atoms with E-state index in [1.54, 1.807) is 0 Å². The van der Waals surface area contributed by atoms with Crippen LogP contribution in [0.25, 0.3) is 0 Å². The molecule has 0 N–H and O–H groups in total. The highest BCUT2D eigenvalue weighted by molar-refractivity contribution is 7.64. The Kier molecular flexibility index (Phi) is 11.6. The van der Waals surface area contributed by atoms with Crippen molar-refractivity contribution in [2.75, 3.05) is 0 Å². The van der Waals surface area contributed by atoms with Crippen LogP contribution in [0.3, 0.4) is 0 Å². The van der Waals surface area contributed by atoms with E-state index in [-0.39, 0.29) is 13.3 Å². The minimum atomic E-state index is -6.54. The summed E-state index contributed by atoms with van der Waals surface area (Å²) in [5.41, 5.74) is -5.37. The second-order valence-corrected chi connectivity index (χ2v) is 22.6. The SMILES string of the molecule is CC(F)C(F)(F)C(F)(F)C(F)(F)C(F)(F)[Si](C)(C)CCCCCCCCC[Si](Cl)(Cl)Cl. The van der Waals surface area contributed by atoms with Crippen molar-refractivity contribution >= 4 is 47.3 Å². The number of hydrogen-bond acceptors (Lipinski definition) is 0. The number of rotatable bonds is 15. The van der Waals surface area contributed by atoms with Gasteiger partial charge < -0.3 is 0 Å². The summed E-state index contributed by atoms with van der Waals surface area (Å²) in [6.07, 6.45) is 0.402. The maximum Gasteiger partial charge on any atom is 0.380 e. The van der Waals surface area contributed by atoms with E-state index in [0.29, 0.717) is 18.9 Å². The standard InChI is InChI=1S/C17H28Cl3F9Si2/c1-13(21)14(22,23)15(24,25)16(26,27)17(28,29)30(2,3)11-9-7-5-4-6-8-10-12-31(18,19)20/h13H,4-12H2,1-3H3. The quantitative estimate of drug-likeness (QED) is 0.0803. The molecule has 1 atom stereocenters. The maximum absolute atomic E-state index is 14.4. The Morgan fingerprint density at radius 2 is 1.00 bits per heavy atom. The largest absolute Gasteiger partial charge is 0.380 e. The molecule has 0 saturated carbocycles. The Morgan fingerprint density at radius 3 is 1.35 bits per heavy atom. The number of alkyl halides is 9. The van der Waals surface area contributed by atoms with Gasteiger partial charge in [0.25, 0.3) is 5.55 Å². The Labute approximate surface area is 193 Å². The van der Waals surface area contributed by atoms with Gasteiger partial charge in [0.2, 0.25) is 0 Å². The normalized spacial score (nSPS) is 16.0. The Morgan fingerprint density at radius 1 is 0.645 bits per heavy atom. The zero-order chi connectivity index (χ0) is 24.9. The van der Waals surface area contributed by atoms with Gasteiger partial charge in [-0.1, -0.05) is 64.1 Å². The first-order chi connectivity index (χ1) is 13.7. The Bertz CT molecular complexity index is 553. The number of unbranched alkanes of at least 4 members (excludes halogenated alkanes) is 6. The summed E-state index contributed by atoms with van der Waals surface area (Å²) in [5, 5.41) is 0. The predicted molar refractivity (Wildman–Crippen MR) is 113 cm³/mol. The van der Waals surface area contributed by atoms with Crippen LogP contribution in [0.1, 0.15) is 51.9 Å². The molecule has 0 spiro atoms. The predicted octanol–water partition coefficient (Wildman–Crippen LogP) is 9.52. The molecule has 0 saturated heterocycles. The smallest absolute Gasteiger partial charge is 0.241 e. The van der Waals surface area contributed by atoms with Gasteiger partial charge in [-0.15, -0.1) is 33.2 Å². The third-order valence-electron chi connectivity index (χ3n) is 5.32. The lowest BCUT2D eigenvalue weighted by Gasteiger charge is -2.43. The van der Waals surface area contributed by atoms with Crippen LogP contribution in [0.2, 0.25) is 25.2 Å². The van der Waals surface area contributed by atoms with E-state index in [4.69, 9.17) is 33.2 Å². The third kappa shape index (κ3) is 7.85. The molecule has 0 heterocycles. The zero-order valence-corrected chi connectivity index (χ0v) is 21.7. The van der Waals surface area contributed by atoms with Crippen molar-refractivity contribution < 1.29 is 39.5 Å². The van der Waals surface area contributed by atoms with Crippen LogP contribution in [-0.2, 0) is 0 Å². The van der Waals surface area contributed by atoms with Crippen molar-refractivity contribution in [2.45, 2.75) is 107 Å². The third-order valence-corrected chi connectivity index (χ3v) is 11.6. The molecule has 188 valence electrons. The summed E-state index contributed by atoms with van der Waals surface area (Å²) in [6, 6.07) is -2.61. The van der Waals surface area contributed by atoms with E-state index in [9.17, 15) is 39.5 Å². The van der Waals surface area contributed by atoms with Crippen LogP contribution < -0.4 is 0 Å². The van der Waals surface area contributed by atoms with Crippen molar-refractivity contribution in [3.8, 4) is 0 Å². The van der Waals surface area contributed by atoms with Crippen LogP contribution in [0, 0.1) is 0 Å². The molecular formula is C17H28Cl3F9Si2. The lowest BCUT2D eigenvalue weighted by Crippen LogP contribution is -2.70. The van der Waals surface area contributed by atoms with E-state index in [1.807, 2.05) is 0 Å². The zero-order valence-electron chi connectivity index (χ0n) is 17.5. The molecule has 14 heteroatoms. The van der Waals surface area contributed by atoms with Crippen molar-refractivity contribution in [2.24, 2.45) is 0 Å². The van der Waals surface area contributed by atoms with Gasteiger partial charge >= 0.3 is 23.8 Å². The Hall–Kier alpha value is 0.674. The van der Waals surface area contributed by atoms with Gasteiger partial charge in [-0.2, -0.15) is 26.3 Å². The molecule has 31 heavy (non-hydrogen) atoms. The number of hydrogen-bond donors (Lipinski definition) is 0. The summed E-state index contributed by atoms with van der Waals surface area (Å²) in [4.78, 5) is 0. The average molecular weight is 566 g/mol. The fourth-order valence-corrected chi connectivity index (χ4v) is 7.32. The van der Waals surface area contributed by atoms with Crippen LogP contribution in [0.4, 0.5) is 39.5 Å². The van der Waals surface area contributed by atoms with Gasteiger partial charge in [-0.25, -0.2) is 13.2 Å². The molecule has 0 bridgehead atoms. The molecule has 0 fully saturated rings. The van der Waals surface area contributed by atoms with Crippen molar-refractivity contribution in [3.63, 3.8) is 0 Å². The molecule has 0 nitrogen and oxygen atoms in total. The highest BCUT2D eigenvalue weighted by Gasteiger charge is 2.83. The molecule has 0 aromatic carbocycles. The van der Waals surface area contributed by atoms with Crippen molar-refractivity contribution in [1.29, 1.82) is 0 Å². The topological polar surface area (TPSA) is 0 Å². The molecule has 0 rings (SSSR count). The van der Waals surface area contributed by atoms with E-state index in [1.165, 1.54) is 0 Å². The van der Waals surface area contributed by atoms with Crippen molar-refractivity contribution in [1.82, 2.24) is 0 Å². The molecule has 0 aliphatic carbocycles. The number of halogens is 12. The fourth-order valence-electron chi connectivity index (χ4n) is 3.01. The first kappa shape index (κ1) is 31.7. The molecule has 0 aliphatic heterocycles. The molecule has 0 aromatic rings. The van der Waals surface area contributed by atoms with Gasteiger partial charge in [0, 0.05) is 0 Å². The molecule has 0 aromatic heterocycles. The van der Waals surface area contributed by atoms with Crippen LogP contribution in [-0.4, -0.2) is 43.6 Å². The monoisotopic (exact) mass is 564 g/mol. The highest BCUT2D eigenvalue weighted by atomic mass is 35.8. The van der Waals surface area contributed by atoms with E-state index in [0.717, 1.165) is 38.8 Å². The first-order valence-corrected chi connectivity index (χ1v) is 18.3. The lowest BCUT2D eigenvalue weighted by molar-refractivity contribution is -0.360. The average Bonchev–Trinajstić information content (AvgIpc) is 2.58. The summed E-state index contributed by atoms with van der Waals surface area (Å²) < 4.78 is 124. The molecule has 0 amide bonds. The summed E-state index contributed by atoms with van der Waals surface area (Å²) in [7, 11) is -4.45. The second kappa shape index (κ2) is 11.4. The van der Waals surface area contributed by atoms with Gasteiger partial charge in [-0.05, 0) is 13.0 Å². The van der Waals surface area contributed by atoms with Gasteiger partial charge in [0.15, 0.2) is 6.17 Å². The lowest BCUT2D eigenvalue weighted by atomic mass is 10.0. The fraction of sp³-hybridized carbons (Fsp3) is 1.00. The molecule has 0 aliphatic rings. The van der Waals surface area contributed by atoms with Gasteiger partial charge in [0.05, 0.1) is 0 Å². The van der Waals surface area contributed by atoms with Crippen LogP contribution in [0.15, 0.2) is 0 Å². The van der Waals surface area contributed by atoms with Crippen LogP contribution >= 0.6 is 33.2 Å². The van der Waals surface area contributed by atoms with E-state index >= 15 is 0 Å². The second-order valence-electron chi connectivity index (χ2n) is 8.44. The maximum atomic E-state index is 14.4. The summed E-state index contributed by atoms with van der Waals surface area (Å²) in [5.74, 6) is -18.9. The molecule has 1 unspecified atom stereocenters. The first-order valence-electron chi connectivity index (χ1n) is 9.87. The highest BCUT2D eigenvalue weighted by Crippen LogP contribution is 2.57. The van der Waals surface area contributed by atoms with Gasteiger partial charge in [0.1, 0.15) is 8.07 Å². The molecular weight excluding hydrogens is 538 g/mol. The molecule has 0 radical (unpaired) electrons. The minimum Gasteiger partial charge on any atom is -0.241 e.